The van der Waals surface area contributed by atoms with Gasteiger partial charge in [-0.1, -0.05) is 12.8 Å². The number of carbonyl (C=O) groups is 1. The molecule has 2 fully saturated rings. The molecule has 1 N–H and O–H groups in total. The maximum absolute atomic E-state index is 12.1. The van der Waals surface area contributed by atoms with Crippen LogP contribution >= 0.6 is 0 Å². The van der Waals surface area contributed by atoms with E-state index in [4.69, 9.17) is 0 Å². The van der Waals surface area contributed by atoms with Gasteiger partial charge in [0.25, 0.3) is 0 Å². The van der Waals surface area contributed by atoms with Crippen molar-refractivity contribution in [3.63, 3.8) is 0 Å². The Bertz CT molecular complexity index is 266. The van der Waals surface area contributed by atoms with E-state index in [-0.39, 0.29) is 5.91 Å². The van der Waals surface area contributed by atoms with Crippen molar-refractivity contribution in [1.29, 1.82) is 0 Å². The molecule has 0 aromatic rings. The van der Waals surface area contributed by atoms with Gasteiger partial charge in [0.1, 0.15) is 0 Å². The van der Waals surface area contributed by atoms with Crippen molar-refractivity contribution in [2.75, 3.05) is 32.7 Å². The highest BCUT2D eigenvalue weighted by atomic mass is 16.2. The molecule has 1 heterocycles. The van der Waals surface area contributed by atoms with Crippen LogP contribution in [0.2, 0.25) is 0 Å². The molecule has 1 aliphatic heterocycles. The van der Waals surface area contributed by atoms with E-state index < -0.39 is 0 Å². The highest BCUT2D eigenvalue weighted by Crippen LogP contribution is 2.17. The number of piperazine rings is 1. The molecule has 4 nitrogen and oxygen atoms in total. The molecule has 1 saturated carbocycles. The summed E-state index contributed by atoms with van der Waals surface area (Å²) in [6, 6.07) is 1.18. The first-order valence-electron chi connectivity index (χ1n) is 7.42. The van der Waals surface area contributed by atoms with Gasteiger partial charge in [-0.2, -0.15) is 0 Å². The number of hydrogen-bond acceptors (Lipinski definition) is 3. The van der Waals surface area contributed by atoms with E-state index in [1.807, 2.05) is 4.90 Å². The molecule has 1 amide bonds. The quantitative estimate of drug-likeness (QED) is 0.814. The van der Waals surface area contributed by atoms with Gasteiger partial charge in [0.2, 0.25) is 5.91 Å². The van der Waals surface area contributed by atoms with Crippen molar-refractivity contribution in [2.24, 2.45) is 0 Å². The largest absolute Gasteiger partial charge is 0.339 e. The van der Waals surface area contributed by atoms with E-state index in [1.54, 1.807) is 0 Å². The fraction of sp³-hybridized carbons (Fsp3) is 0.929. The highest BCUT2D eigenvalue weighted by Gasteiger charge is 2.23. The summed E-state index contributed by atoms with van der Waals surface area (Å²) < 4.78 is 0. The van der Waals surface area contributed by atoms with Gasteiger partial charge in [-0.15, -0.1) is 0 Å². The van der Waals surface area contributed by atoms with E-state index in [1.165, 1.54) is 25.7 Å². The van der Waals surface area contributed by atoms with E-state index in [0.717, 1.165) is 26.2 Å². The van der Waals surface area contributed by atoms with E-state index in [2.05, 4.69) is 24.1 Å². The minimum atomic E-state index is 0.283. The molecule has 0 spiro atoms. The van der Waals surface area contributed by atoms with Crippen LogP contribution in [-0.4, -0.2) is 60.5 Å². The molecule has 0 radical (unpaired) electrons. The number of rotatable bonds is 4. The number of amides is 1. The lowest BCUT2D eigenvalue weighted by Crippen LogP contribution is -2.52. The summed E-state index contributed by atoms with van der Waals surface area (Å²) in [7, 11) is 0. The van der Waals surface area contributed by atoms with Crippen molar-refractivity contribution < 1.29 is 4.79 Å². The molecule has 18 heavy (non-hydrogen) atoms. The Hall–Kier alpha value is -0.610. The molecule has 0 aromatic heterocycles. The molecule has 0 unspecified atom stereocenters. The van der Waals surface area contributed by atoms with Crippen LogP contribution in [0.1, 0.15) is 39.5 Å². The summed E-state index contributed by atoms with van der Waals surface area (Å²) >= 11 is 0. The Labute approximate surface area is 111 Å². The molecular formula is C14H27N3O. The first-order valence-corrected chi connectivity index (χ1v) is 7.42. The number of carbonyl (C=O) groups excluding carboxylic acids is 1. The van der Waals surface area contributed by atoms with Crippen LogP contribution in [0.4, 0.5) is 0 Å². The fourth-order valence-electron chi connectivity index (χ4n) is 2.96. The smallest absolute Gasteiger partial charge is 0.236 e. The van der Waals surface area contributed by atoms with Crippen molar-refractivity contribution in [1.82, 2.24) is 15.1 Å². The van der Waals surface area contributed by atoms with Crippen LogP contribution in [0.5, 0.6) is 0 Å². The summed E-state index contributed by atoms with van der Waals surface area (Å²) in [5, 5.41) is 3.41. The number of nitrogens with zero attached hydrogens (tertiary/aromatic N) is 2. The normalized spacial score (nSPS) is 22.9. The van der Waals surface area contributed by atoms with Crippen LogP contribution in [0.15, 0.2) is 0 Å². The molecule has 0 bridgehead atoms. The SMILES string of the molecule is CC(C)N1CCN(C(=O)CNC2CCCC2)CC1. The fourth-order valence-corrected chi connectivity index (χ4v) is 2.96. The van der Waals surface area contributed by atoms with E-state index in [9.17, 15) is 4.79 Å². The lowest BCUT2D eigenvalue weighted by atomic mass is 10.2. The lowest BCUT2D eigenvalue weighted by Gasteiger charge is -2.37. The third-order valence-corrected chi connectivity index (χ3v) is 4.29. The number of hydrogen-bond donors (Lipinski definition) is 1. The van der Waals surface area contributed by atoms with Crippen molar-refractivity contribution in [3.05, 3.63) is 0 Å². The Morgan fingerprint density at radius 1 is 1.17 bits per heavy atom. The lowest BCUT2D eigenvalue weighted by molar-refractivity contribution is -0.132. The average molecular weight is 253 g/mol. The van der Waals surface area contributed by atoms with Gasteiger partial charge in [0.15, 0.2) is 0 Å². The van der Waals surface area contributed by atoms with E-state index in [0.29, 0.717) is 18.6 Å². The van der Waals surface area contributed by atoms with Gasteiger partial charge in [0, 0.05) is 38.3 Å². The summed E-state index contributed by atoms with van der Waals surface area (Å²) in [6.45, 7) is 8.80. The summed E-state index contributed by atoms with van der Waals surface area (Å²) in [4.78, 5) is 16.5. The number of nitrogens with one attached hydrogen (secondary N) is 1. The zero-order valence-corrected chi connectivity index (χ0v) is 11.8. The van der Waals surface area contributed by atoms with Crippen LogP contribution < -0.4 is 5.32 Å². The molecule has 0 aromatic carbocycles. The van der Waals surface area contributed by atoms with Crippen LogP contribution in [0, 0.1) is 0 Å². The first-order chi connectivity index (χ1) is 8.66. The molecule has 104 valence electrons. The van der Waals surface area contributed by atoms with Gasteiger partial charge in [0.05, 0.1) is 6.54 Å². The Kier molecular flexibility index (Phi) is 5.01. The summed E-state index contributed by atoms with van der Waals surface area (Å²) in [6.07, 6.45) is 5.13. The molecule has 1 aliphatic carbocycles. The van der Waals surface area contributed by atoms with Gasteiger partial charge < -0.3 is 10.2 Å². The van der Waals surface area contributed by atoms with Crippen LogP contribution in [-0.2, 0) is 4.79 Å². The molecule has 2 rings (SSSR count). The Morgan fingerprint density at radius 2 is 1.78 bits per heavy atom. The third-order valence-electron chi connectivity index (χ3n) is 4.29. The Balaban J connectivity index is 1.67. The van der Waals surface area contributed by atoms with Gasteiger partial charge in [-0.3, -0.25) is 9.69 Å². The maximum Gasteiger partial charge on any atom is 0.236 e. The zero-order chi connectivity index (χ0) is 13.0. The predicted octanol–water partition coefficient (Wildman–Crippen LogP) is 1.07. The molecule has 1 saturated heterocycles. The molecule has 2 aliphatic rings. The second-order valence-electron chi connectivity index (χ2n) is 5.87. The Morgan fingerprint density at radius 3 is 2.33 bits per heavy atom. The van der Waals surface area contributed by atoms with Crippen LogP contribution in [0.3, 0.4) is 0 Å². The first kappa shape index (κ1) is 13.8. The van der Waals surface area contributed by atoms with Gasteiger partial charge in [-0.05, 0) is 26.7 Å². The highest BCUT2D eigenvalue weighted by molar-refractivity contribution is 5.78. The minimum absolute atomic E-state index is 0.283. The average Bonchev–Trinajstić information content (AvgIpc) is 2.89. The monoisotopic (exact) mass is 253 g/mol. The van der Waals surface area contributed by atoms with Crippen molar-refractivity contribution >= 4 is 5.91 Å². The molecular weight excluding hydrogens is 226 g/mol. The summed E-state index contributed by atoms with van der Waals surface area (Å²) in [5.74, 6) is 0.283. The molecule has 4 heteroatoms. The van der Waals surface area contributed by atoms with Crippen molar-refractivity contribution in [3.8, 4) is 0 Å². The minimum Gasteiger partial charge on any atom is -0.339 e. The summed E-state index contributed by atoms with van der Waals surface area (Å²) in [5.41, 5.74) is 0. The molecule has 0 atom stereocenters. The topological polar surface area (TPSA) is 35.6 Å². The standard InChI is InChI=1S/C14H27N3O/c1-12(2)16-7-9-17(10-8-16)14(18)11-15-13-5-3-4-6-13/h12-13,15H,3-11H2,1-2H3. The second-order valence-corrected chi connectivity index (χ2v) is 5.87. The second kappa shape index (κ2) is 6.53. The van der Waals surface area contributed by atoms with Gasteiger partial charge >= 0.3 is 0 Å². The van der Waals surface area contributed by atoms with Gasteiger partial charge in [-0.25, -0.2) is 0 Å². The van der Waals surface area contributed by atoms with Crippen molar-refractivity contribution in [2.45, 2.75) is 51.6 Å². The van der Waals surface area contributed by atoms with Crippen LogP contribution in [0.25, 0.3) is 0 Å². The van der Waals surface area contributed by atoms with E-state index >= 15 is 0 Å². The third kappa shape index (κ3) is 3.69. The predicted molar refractivity (Wildman–Crippen MR) is 73.5 cm³/mol. The maximum atomic E-state index is 12.1. The zero-order valence-electron chi connectivity index (χ0n) is 11.8.